The third-order valence-electron chi connectivity index (χ3n) is 6.51. The molecule has 158 valence electrons. The van der Waals surface area contributed by atoms with Crippen LogP contribution in [-0.4, -0.2) is 24.7 Å². The molecule has 29 heavy (non-hydrogen) atoms. The molecule has 1 aromatic carbocycles. The van der Waals surface area contributed by atoms with Gasteiger partial charge in [-0.1, -0.05) is 18.6 Å². The van der Waals surface area contributed by atoms with E-state index < -0.39 is 11.1 Å². The molecule has 5 heteroatoms. The van der Waals surface area contributed by atoms with E-state index in [4.69, 9.17) is 11.3 Å². The molecule has 0 aromatic heterocycles. The molecule has 3 rings (SSSR count). The number of benzene rings is 1. The summed E-state index contributed by atoms with van der Waals surface area (Å²) < 4.78 is 19.8. The Labute approximate surface area is 174 Å². The second kappa shape index (κ2) is 8.83. The highest BCUT2D eigenvalue weighted by atomic mass is 19.1. The first-order valence-electron chi connectivity index (χ1n) is 10.8. The smallest absolute Gasteiger partial charge is 0.306 e. The summed E-state index contributed by atoms with van der Waals surface area (Å²) in [6.07, 6.45) is 4.94. The Bertz CT molecular complexity index is 761. The fraction of sp³-hybridized carbons (Fsp3) is 0.667. The van der Waals surface area contributed by atoms with Crippen LogP contribution in [0.25, 0.3) is 4.85 Å². The molecule has 4 nitrogen and oxygen atoms in total. The third-order valence-corrected chi connectivity index (χ3v) is 6.51. The van der Waals surface area contributed by atoms with Crippen LogP contribution in [0.4, 0.5) is 4.39 Å². The largest absolute Gasteiger partial charge is 0.460 e. The summed E-state index contributed by atoms with van der Waals surface area (Å²) >= 11 is 0. The van der Waals surface area contributed by atoms with Crippen LogP contribution in [0.1, 0.15) is 64.9 Å². The molecule has 1 aromatic rings. The van der Waals surface area contributed by atoms with E-state index in [2.05, 4.69) is 10.2 Å². The molecule has 1 aliphatic carbocycles. The Morgan fingerprint density at radius 1 is 1.24 bits per heavy atom. The second-order valence-corrected chi connectivity index (χ2v) is 9.56. The van der Waals surface area contributed by atoms with Gasteiger partial charge in [-0.15, -0.1) is 0 Å². The van der Waals surface area contributed by atoms with Crippen molar-refractivity contribution in [2.24, 2.45) is 17.8 Å². The van der Waals surface area contributed by atoms with Crippen molar-refractivity contribution in [3.8, 4) is 0 Å². The Morgan fingerprint density at radius 3 is 2.59 bits per heavy atom. The quantitative estimate of drug-likeness (QED) is 0.553. The van der Waals surface area contributed by atoms with Gasteiger partial charge >= 0.3 is 5.97 Å². The van der Waals surface area contributed by atoms with Gasteiger partial charge in [0.1, 0.15) is 11.4 Å². The van der Waals surface area contributed by atoms with E-state index in [1.165, 1.54) is 6.07 Å². The number of hydrogen-bond acceptors (Lipinski definition) is 3. The maximum absolute atomic E-state index is 14.2. The molecule has 0 spiro atoms. The van der Waals surface area contributed by atoms with Crippen molar-refractivity contribution in [1.82, 2.24) is 5.32 Å². The predicted octanol–water partition coefficient (Wildman–Crippen LogP) is 5.09. The highest BCUT2D eigenvalue weighted by molar-refractivity contribution is 5.70. The lowest BCUT2D eigenvalue weighted by atomic mass is 9.63. The van der Waals surface area contributed by atoms with Gasteiger partial charge in [0.25, 0.3) is 5.54 Å². The van der Waals surface area contributed by atoms with Gasteiger partial charge in [0.2, 0.25) is 0 Å². The van der Waals surface area contributed by atoms with Crippen LogP contribution in [0.5, 0.6) is 0 Å². The van der Waals surface area contributed by atoms with E-state index >= 15 is 0 Å². The lowest BCUT2D eigenvalue weighted by Gasteiger charge is -2.40. The zero-order chi connectivity index (χ0) is 21.1. The van der Waals surface area contributed by atoms with Crippen LogP contribution in [0.3, 0.4) is 0 Å². The molecule has 0 unspecified atom stereocenters. The fourth-order valence-electron chi connectivity index (χ4n) is 5.45. The lowest BCUT2D eigenvalue weighted by Crippen LogP contribution is -2.46. The number of ether oxygens (including phenoxy) is 1. The Hall–Kier alpha value is -1.93. The average Bonchev–Trinajstić information content (AvgIpc) is 3.11. The zero-order valence-electron chi connectivity index (χ0n) is 17.8. The molecule has 1 saturated heterocycles. The normalized spacial score (nSPS) is 25.2. The first-order chi connectivity index (χ1) is 13.8. The number of carbonyl (C=O) groups excluding carboxylic acids is 1. The van der Waals surface area contributed by atoms with Gasteiger partial charge in [-0.25, -0.2) is 11.0 Å². The molecule has 3 atom stereocenters. The Morgan fingerprint density at radius 2 is 1.97 bits per heavy atom. The maximum atomic E-state index is 14.2. The number of esters is 1. The maximum Gasteiger partial charge on any atom is 0.306 e. The van der Waals surface area contributed by atoms with E-state index in [0.717, 1.165) is 50.8 Å². The molecule has 2 fully saturated rings. The molecule has 0 amide bonds. The van der Waals surface area contributed by atoms with E-state index in [9.17, 15) is 9.18 Å². The van der Waals surface area contributed by atoms with Gasteiger partial charge in [-0.2, -0.15) is 0 Å². The van der Waals surface area contributed by atoms with Crippen LogP contribution < -0.4 is 5.32 Å². The minimum atomic E-state index is -0.784. The first kappa shape index (κ1) is 21.8. The average molecular weight is 401 g/mol. The van der Waals surface area contributed by atoms with Crippen molar-refractivity contribution in [3.63, 3.8) is 0 Å². The van der Waals surface area contributed by atoms with E-state index in [0.29, 0.717) is 6.42 Å². The minimum Gasteiger partial charge on any atom is -0.460 e. The van der Waals surface area contributed by atoms with Gasteiger partial charge in [0, 0.05) is 23.8 Å². The molecule has 2 aliphatic rings. The number of nitrogens with one attached hydrogen (secondary N) is 1. The topological polar surface area (TPSA) is 42.7 Å². The van der Waals surface area contributed by atoms with Gasteiger partial charge in [-0.3, -0.25) is 4.79 Å². The van der Waals surface area contributed by atoms with Crippen LogP contribution in [-0.2, 0) is 15.1 Å². The van der Waals surface area contributed by atoms with Crippen molar-refractivity contribution >= 4 is 5.97 Å². The summed E-state index contributed by atoms with van der Waals surface area (Å²) in [5, 5.41) is 3.38. The molecule has 1 aliphatic heterocycles. The number of carbonyl (C=O) groups is 1. The number of nitrogens with zero attached hydrogens (tertiary/aromatic N) is 1. The van der Waals surface area contributed by atoms with Crippen molar-refractivity contribution in [2.45, 2.75) is 70.4 Å². The number of rotatable bonds is 5. The van der Waals surface area contributed by atoms with Crippen LogP contribution in [0.2, 0.25) is 0 Å². The minimum absolute atomic E-state index is 0.0393. The summed E-state index contributed by atoms with van der Waals surface area (Å²) in [5.41, 5.74) is -0.520. The fourth-order valence-corrected chi connectivity index (χ4v) is 5.45. The third kappa shape index (κ3) is 4.80. The van der Waals surface area contributed by atoms with Gasteiger partial charge < -0.3 is 14.9 Å². The number of halogens is 1. The monoisotopic (exact) mass is 400 g/mol. The van der Waals surface area contributed by atoms with E-state index in [1.54, 1.807) is 12.1 Å². The van der Waals surface area contributed by atoms with Crippen molar-refractivity contribution in [2.75, 3.05) is 13.1 Å². The van der Waals surface area contributed by atoms with Crippen LogP contribution >= 0.6 is 0 Å². The summed E-state index contributed by atoms with van der Waals surface area (Å²) in [5.74, 6) is -0.203. The zero-order valence-corrected chi connectivity index (χ0v) is 17.8. The molecule has 1 N–H and O–H groups in total. The lowest BCUT2D eigenvalue weighted by molar-refractivity contribution is -0.156. The van der Waals surface area contributed by atoms with Crippen molar-refractivity contribution in [1.29, 1.82) is 0 Å². The molecule has 1 saturated carbocycles. The molecule has 0 bridgehead atoms. The van der Waals surface area contributed by atoms with E-state index in [1.807, 2.05) is 26.8 Å². The highest BCUT2D eigenvalue weighted by Gasteiger charge is 2.57. The predicted molar refractivity (Wildman–Crippen MR) is 112 cm³/mol. The van der Waals surface area contributed by atoms with Crippen LogP contribution in [0, 0.1) is 30.1 Å². The van der Waals surface area contributed by atoms with E-state index in [-0.39, 0.29) is 29.5 Å². The van der Waals surface area contributed by atoms with Crippen molar-refractivity contribution in [3.05, 3.63) is 47.1 Å². The highest BCUT2D eigenvalue weighted by Crippen LogP contribution is 2.54. The molecule has 1 heterocycles. The first-order valence-corrected chi connectivity index (χ1v) is 10.8. The summed E-state index contributed by atoms with van der Waals surface area (Å²) in [6.45, 7) is 15.7. The van der Waals surface area contributed by atoms with Gasteiger partial charge in [-0.05, 0) is 77.6 Å². The molecule has 0 radical (unpaired) electrons. The Kier molecular flexibility index (Phi) is 6.63. The van der Waals surface area contributed by atoms with Crippen molar-refractivity contribution < 1.29 is 13.9 Å². The SMILES string of the molecule is [C-]#[N+][C@@](c1cccc(F)c1)(C1CCNCC1)[C@H]1CCC[C@@H]1CC(=O)OC(C)(C)C. The summed E-state index contributed by atoms with van der Waals surface area (Å²) in [6, 6.07) is 6.60. The summed E-state index contributed by atoms with van der Waals surface area (Å²) in [4.78, 5) is 16.8. The van der Waals surface area contributed by atoms with Gasteiger partial charge in [0.15, 0.2) is 0 Å². The number of hydrogen-bond donors (Lipinski definition) is 1. The number of piperidine rings is 1. The summed E-state index contributed by atoms with van der Waals surface area (Å²) in [7, 11) is 0. The van der Waals surface area contributed by atoms with Crippen LogP contribution in [0.15, 0.2) is 24.3 Å². The van der Waals surface area contributed by atoms with Gasteiger partial charge in [0.05, 0.1) is 0 Å². The second-order valence-electron chi connectivity index (χ2n) is 9.56. The molecular weight excluding hydrogens is 367 g/mol. The standard InChI is InChI=1S/C24H33FN2O2/c1-23(2,3)29-22(28)15-17-7-5-10-21(17)24(26-4,18-11-13-27-14-12-18)19-8-6-9-20(25)16-19/h6,8-9,16-18,21,27H,5,7,10-15H2,1-3H3/t17-,21+,24-/m1/s1. The molecular formula is C24H33FN2O2. The Balaban J connectivity index is 1.96.